The third-order valence-corrected chi connectivity index (χ3v) is 5.57. The van der Waals surface area contributed by atoms with Crippen LogP contribution in [0.3, 0.4) is 0 Å². The Labute approximate surface area is 154 Å². The Morgan fingerprint density at radius 1 is 1.12 bits per heavy atom. The van der Waals surface area contributed by atoms with E-state index in [0.29, 0.717) is 5.92 Å². The van der Waals surface area contributed by atoms with Crippen LogP contribution in [0.15, 0.2) is 59.7 Å². The largest absolute Gasteiger partial charge is 0.352 e. The maximum atomic E-state index is 11.5. The molecule has 2 aliphatic rings. The fourth-order valence-corrected chi connectivity index (χ4v) is 4.02. The first-order chi connectivity index (χ1) is 12.7. The lowest BCUT2D eigenvalue weighted by Gasteiger charge is -2.37. The van der Waals surface area contributed by atoms with Crippen molar-refractivity contribution in [1.29, 1.82) is 0 Å². The quantitative estimate of drug-likeness (QED) is 0.841. The van der Waals surface area contributed by atoms with Gasteiger partial charge in [-0.25, -0.2) is 4.99 Å². The van der Waals surface area contributed by atoms with Gasteiger partial charge in [-0.15, -0.1) is 0 Å². The third-order valence-electron chi connectivity index (χ3n) is 5.57. The summed E-state index contributed by atoms with van der Waals surface area (Å²) in [7, 11) is 0. The molecule has 4 nitrogen and oxygen atoms in total. The minimum Gasteiger partial charge on any atom is -0.352 e. The van der Waals surface area contributed by atoms with E-state index in [1.807, 2.05) is 17.4 Å². The molecule has 2 aromatic carbocycles. The standard InChI is InChI=1S/C22H25N3O/c1-17(26)24-12-9-18(10-13-24)15-25-16-23-11-8-22(25)21-7-6-19-4-2-3-5-20(19)14-21/h2-8,11,14,16,18,22H,9-10,12-13,15H2,1H3. The third kappa shape index (κ3) is 3.50. The molecular weight excluding hydrogens is 322 g/mol. The molecular formula is C22H25N3O. The summed E-state index contributed by atoms with van der Waals surface area (Å²) in [5.74, 6) is 0.798. The Morgan fingerprint density at radius 2 is 1.88 bits per heavy atom. The predicted octanol–water partition coefficient (Wildman–Crippen LogP) is 4.00. The molecule has 0 aromatic heterocycles. The van der Waals surface area contributed by atoms with Crippen LogP contribution in [0.2, 0.25) is 0 Å². The van der Waals surface area contributed by atoms with Crippen LogP contribution in [0.1, 0.15) is 31.4 Å². The van der Waals surface area contributed by atoms with E-state index in [9.17, 15) is 4.79 Å². The molecule has 134 valence electrons. The second-order valence-corrected chi connectivity index (χ2v) is 7.30. The fourth-order valence-electron chi connectivity index (χ4n) is 4.02. The summed E-state index contributed by atoms with van der Waals surface area (Å²) >= 11 is 0. The Hall–Kier alpha value is -2.62. The molecule has 1 saturated heterocycles. The highest BCUT2D eigenvalue weighted by Gasteiger charge is 2.25. The smallest absolute Gasteiger partial charge is 0.219 e. The van der Waals surface area contributed by atoms with Crippen molar-refractivity contribution in [3.05, 3.63) is 60.3 Å². The first kappa shape index (κ1) is 16.8. The van der Waals surface area contributed by atoms with Gasteiger partial charge < -0.3 is 9.80 Å². The SMILES string of the molecule is CC(=O)N1CCC(CN2C=NC=CC2c2ccc3ccccc3c2)CC1. The zero-order valence-electron chi connectivity index (χ0n) is 15.2. The number of rotatable bonds is 3. The average Bonchev–Trinajstić information content (AvgIpc) is 2.68. The van der Waals surface area contributed by atoms with E-state index in [4.69, 9.17) is 0 Å². The molecule has 0 aliphatic carbocycles. The van der Waals surface area contributed by atoms with E-state index < -0.39 is 0 Å². The lowest BCUT2D eigenvalue weighted by molar-refractivity contribution is -0.130. The van der Waals surface area contributed by atoms with E-state index >= 15 is 0 Å². The van der Waals surface area contributed by atoms with E-state index in [2.05, 4.69) is 58.4 Å². The number of carbonyl (C=O) groups is 1. The second-order valence-electron chi connectivity index (χ2n) is 7.30. The number of aliphatic imine (C=N–C) groups is 1. The highest BCUT2D eigenvalue weighted by molar-refractivity contribution is 5.83. The van der Waals surface area contributed by atoms with E-state index in [-0.39, 0.29) is 11.9 Å². The van der Waals surface area contributed by atoms with Crippen LogP contribution in [-0.2, 0) is 4.79 Å². The number of hydrogen-bond donors (Lipinski definition) is 0. The zero-order valence-corrected chi connectivity index (χ0v) is 15.2. The monoisotopic (exact) mass is 347 g/mol. The molecule has 26 heavy (non-hydrogen) atoms. The van der Waals surface area contributed by atoms with Gasteiger partial charge in [0.1, 0.15) is 0 Å². The number of benzene rings is 2. The topological polar surface area (TPSA) is 35.9 Å². The van der Waals surface area contributed by atoms with E-state index in [1.54, 1.807) is 6.92 Å². The van der Waals surface area contributed by atoms with Crippen molar-refractivity contribution in [3.63, 3.8) is 0 Å². The van der Waals surface area contributed by atoms with Gasteiger partial charge >= 0.3 is 0 Å². The first-order valence-electron chi connectivity index (χ1n) is 9.40. The summed E-state index contributed by atoms with van der Waals surface area (Å²) < 4.78 is 0. The van der Waals surface area contributed by atoms with Crippen LogP contribution in [0.4, 0.5) is 0 Å². The Balaban J connectivity index is 1.49. The number of likely N-dealkylation sites (tertiary alicyclic amines) is 1. The Kier molecular flexibility index (Phi) is 4.74. The molecule has 0 N–H and O–H groups in total. The van der Waals surface area contributed by atoms with Gasteiger partial charge in [0.05, 0.1) is 12.4 Å². The van der Waals surface area contributed by atoms with E-state index in [0.717, 1.165) is 32.5 Å². The van der Waals surface area contributed by atoms with Gasteiger partial charge in [0.2, 0.25) is 5.91 Å². The molecule has 0 radical (unpaired) electrons. The number of fused-ring (bicyclic) bond motifs is 1. The summed E-state index contributed by atoms with van der Waals surface area (Å²) in [5, 5.41) is 2.54. The predicted molar refractivity (Wildman–Crippen MR) is 106 cm³/mol. The molecule has 1 amide bonds. The van der Waals surface area contributed by atoms with Gasteiger partial charge in [0.15, 0.2) is 0 Å². The number of carbonyl (C=O) groups excluding carboxylic acids is 1. The molecule has 4 rings (SSSR count). The average molecular weight is 347 g/mol. The minimum absolute atomic E-state index is 0.194. The van der Waals surface area contributed by atoms with Gasteiger partial charge in [-0.3, -0.25) is 4.79 Å². The Morgan fingerprint density at radius 3 is 2.65 bits per heavy atom. The fraction of sp³-hybridized carbons (Fsp3) is 0.364. The molecule has 0 saturated carbocycles. The van der Waals surface area contributed by atoms with Crippen molar-refractivity contribution < 1.29 is 4.79 Å². The molecule has 1 fully saturated rings. The lowest BCUT2D eigenvalue weighted by Crippen LogP contribution is -2.41. The minimum atomic E-state index is 0.194. The maximum Gasteiger partial charge on any atom is 0.219 e. The highest BCUT2D eigenvalue weighted by atomic mass is 16.2. The lowest BCUT2D eigenvalue weighted by atomic mass is 9.94. The van der Waals surface area contributed by atoms with Crippen LogP contribution < -0.4 is 0 Å². The first-order valence-corrected chi connectivity index (χ1v) is 9.40. The van der Waals surface area contributed by atoms with Crippen molar-refractivity contribution in [2.24, 2.45) is 10.9 Å². The highest BCUT2D eigenvalue weighted by Crippen LogP contribution is 2.29. The van der Waals surface area contributed by atoms with Crippen molar-refractivity contribution in [3.8, 4) is 0 Å². The van der Waals surface area contributed by atoms with Gasteiger partial charge in [-0.05, 0) is 47.2 Å². The number of piperidine rings is 1. The van der Waals surface area contributed by atoms with Crippen molar-refractivity contribution in [2.45, 2.75) is 25.8 Å². The molecule has 2 heterocycles. The van der Waals surface area contributed by atoms with Gasteiger partial charge in [-0.1, -0.05) is 36.4 Å². The second kappa shape index (κ2) is 7.32. The van der Waals surface area contributed by atoms with Gasteiger partial charge in [-0.2, -0.15) is 0 Å². The summed E-state index contributed by atoms with van der Waals surface area (Å²) in [6.07, 6.45) is 8.18. The molecule has 0 bridgehead atoms. The molecule has 2 aromatic rings. The summed E-state index contributed by atoms with van der Waals surface area (Å²) in [5.41, 5.74) is 1.30. The number of hydrogen-bond acceptors (Lipinski definition) is 3. The van der Waals surface area contributed by atoms with Crippen LogP contribution in [-0.4, -0.2) is 41.7 Å². The molecule has 1 unspecified atom stereocenters. The number of amides is 1. The normalized spacial score (nSPS) is 20.7. The Bertz CT molecular complexity index is 849. The van der Waals surface area contributed by atoms with Crippen LogP contribution >= 0.6 is 0 Å². The summed E-state index contributed by atoms with van der Waals surface area (Å²) in [4.78, 5) is 20.2. The molecule has 0 spiro atoms. The van der Waals surface area contributed by atoms with Crippen molar-refractivity contribution in [2.75, 3.05) is 19.6 Å². The van der Waals surface area contributed by atoms with Gasteiger partial charge in [0.25, 0.3) is 0 Å². The van der Waals surface area contributed by atoms with Gasteiger partial charge in [0, 0.05) is 32.8 Å². The summed E-state index contributed by atoms with van der Waals surface area (Å²) in [6.45, 7) is 4.40. The zero-order chi connectivity index (χ0) is 17.9. The summed E-state index contributed by atoms with van der Waals surface area (Å²) in [6, 6.07) is 15.4. The van der Waals surface area contributed by atoms with Crippen LogP contribution in [0, 0.1) is 5.92 Å². The molecule has 1 atom stereocenters. The molecule has 4 heteroatoms. The van der Waals surface area contributed by atoms with E-state index in [1.165, 1.54) is 16.3 Å². The van der Waals surface area contributed by atoms with Crippen molar-refractivity contribution in [1.82, 2.24) is 9.80 Å². The number of nitrogens with zero attached hydrogens (tertiary/aromatic N) is 3. The maximum absolute atomic E-state index is 11.5. The van der Waals surface area contributed by atoms with Crippen LogP contribution in [0.25, 0.3) is 10.8 Å². The van der Waals surface area contributed by atoms with Crippen LogP contribution in [0.5, 0.6) is 0 Å². The molecule has 2 aliphatic heterocycles. The van der Waals surface area contributed by atoms with Crippen molar-refractivity contribution >= 4 is 23.0 Å².